The molecule has 0 amide bonds. The summed E-state index contributed by atoms with van der Waals surface area (Å²) >= 11 is 3.60. The zero-order valence-corrected chi connectivity index (χ0v) is 12.7. The molecular weight excluding hydrogens is 262 g/mol. The standard InChI is InChI=1S/C13H21N3S2/c1-3-13(4-2)9-16-12(18-10-13)15-6-5-11-14-7-8-17-11/h7-8H,3-6,9-10H2,1-2H3,(H,15,16). The van der Waals surface area contributed by atoms with Crippen LogP contribution in [0, 0.1) is 5.41 Å². The minimum absolute atomic E-state index is 0.436. The van der Waals surface area contributed by atoms with Crippen LogP contribution in [-0.2, 0) is 6.42 Å². The van der Waals surface area contributed by atoms with Crippen molar-refractivity contribution in [3.63, 3.8) is 0 Å². The van der Waals surface area contributed by atoms with E-state index in [1.54, 1.807) is 11.3 Å². The number of aromatic nitrogens is 1. The van der Waals surface area contributed by atoms with Crippen LogP contribution in [0.3, 0.4) is 0 Å². The Morgan fingerprint density at radius 2 is 2.22 bits per heavy atom. The van der Waals surface area contributed by atoms with E-state index in [-0.39, 0.29) is 0 Å². The summed E-state index contributed by atoms with van der Waals surface area (Å²) in [6, 6.07) is 0. The summed E-state index contributed by atoms with van der Waals surface area (Å²) in [5.41, 5.74) is 0.436. The largest absolute Gasteiger partial charge is 0.365 e. The second-order valence-corrected chi connectivity index (χ2v) is 6.66. The summed E-state index contributed by atoms with van der Waals surface area (Å²) in [5.74, 6) is 1.20. The van der Waals surface area contributed by atoms with Gasteiger partial charge in [0.25, 0.3) is 0 Å². The fraction of sp³-hybridized carbons (Fsp3) is 0.692. The number of thioether (sulfide) groups is 1. The van der Waals surface area contributed by atoms with Crippen LogP contribution in [-0.4, -0.2) is 29.0 Å². The molecule has 0 saturated carbocycles. The van der Waals surface area contributed by atoms with E-state index in [9.17, 15) is 0 Å². The lowest BCUT2D eigenvalue weighted by Gasteiger charge is -2.33. The van der Waals surface area contributed by atoms with Gasteiger partial charge in [-0.2, -0.15) is 0 Å². The van der Waals surface area contributed by atoms with Gasteiger partial charge in [0, 0.05) is 36.8 Å². The van der Waals surface area contributed by atoms with E-state index in [1.807, 2.05) is 23.3 Å². The molecule has 100 valence electrons. The molecule has 1 aliphatic rings. The summed E-state index contributed by atoms with van der Waals surface area (Å²) in [6.07, 6.45) is 5.31. The van der Waals surface area contributed by atoms with E-state index in [0.29, 0.717) is 5.41 Å². The molecule has 0 aliphatic carbocycles. The van der Waals surface area contributed by atoms with Crippen LogP contribution in [0.15, 0.2) is 16.6 Å². The molecule has 0 bridgehead atoms. The van der Waals surface area contributed by atoms with Gasteiger partial charge in [0.2, 0.25) is 0 Å². The molecule has 1 aliphatic heterocycles. The highest BCUT2D eigenvalue weighted by Crippen LogP contribution is 2.34. The predicted octanol–water partition coefficient (Wildman–Crippen LogP) is 3.18. The first-order valence-corrected chi connectivity index (χ1v) is 8.44. The molecule has 0 fully saturated rings. The van der Waals surface area contributed by atoms with E-state index >= 15 is 0 Å². The molecule has 0 aromatic carbocycles. The molecule has 3 nitrogen and oxygen atoms in total. The van der Waals surface area contributed by atoms with E-state index in [0.717, 1.165) is 24.7 Å². The molecule has 0 saturated heterocycles. The highest BCUT2D eigenvalue weighted by molar-refractivity contribution is 8.13. The Bertz CT molecular complexity index is 383. The lowest BCUT2D eigenvalue weighted by Crippen LogP contribution is -2.35. The minimum atomic E-state index is 0.436. The molecule has 0 radical (unpaired) electrons. The summed E-state index contributed by atoms with van der Waals surface area (Å²) in [4.78, 5) is 8.98. The molecule has 1 aromatic rings. The second-order valence-electron chi connectivity index (χ2n) is 4.72. The summed E-state index contributed by atoms with van der Waals surface area (Å²) in [6.45, 7) is 6.47. The average Bonchev–Trinajstić information content (AvgIpc) is 2.93. The van der Waals surface area contributed by atoms with Crippen molar-refractivity contribution in [1.29, 1.82) is 0 Å². The van der Waals surface area contributed by atoms with Gasteiger partial charge in [0.05, 0.1) is 5.01 Å². The average molecular weight is 283 g/mol. The van der Waals surface area contributed by atoms with Crippen LogP contribution < -0.4 is 5.32 Å². The van der Waals surface area contributed by atoms with Crippen molar-refractivity contribution >= 4 is 28.3 Å². The number of rotatable bonds is 5. The summed E-state index contributed by atoms with van der Waals surface area (Å²) in [7, 11) is 0. The number of nitrogens with zero attached hydrogens (tertiary/aromatic N) is 2. The number of amidine groups is 1. The van der Waals surface area contributed by atoms with Crippen molar-refractivity contribution < 1.29 is 0 Å². The maximum Gasteiger partial charge on any atom is 0.156 e. The van der Waals surface area contributed by atoms with Crippen molar-refractivity contribution in [1.82, 2.24) is 10.3 Å². The van der Waals surface area contributed by atoms with Crippen LogP contribution in [0.1, 0.15) is 31.7 Å². The molecule has 1 aromatic heterocycles. The molecule has 2 heterocycles. The Kier molecular flexibility index (Phi) is 5.06. The summed E-state index contributed by atoms with van der Waals surface area (Å²) < 4.78 is 0. The molecule has 1 N–H and O–H groups in total. The third-order valence-electron chi connectivity index (χ3n) is 3.67. The van der Waals surface area contributed by atoms with Crippen molar-refractivity contribution in [2.45, 2.75) is 33.1 Å². The first kappa shape index (κ1) is 13.9. The Labute approximate surface area is 118 Å². The molecule has 0 unspecified atom stereocenters. The molecule has 0 spiro atoms. The Hall–Kier alpha value is -0.550. The van der Waals surface area contributed by atoms with Crippen molar-refractivity contribution in [3.05, 3.63) is 16.6 Å². The molecule has 18 heavy (non-hydrogen) atoms. The summed E-state index contributed by atoms with van der Waals surface area (Å²) in [5, 5.41) is 7.76. The Morgan fingerprint density at radius 3 is 2.78 bits per heavy atom. The van der Waals surface area contributed by atoms with E-state index in [4.69, 9.17) is 4.99 Å². The second kappa shape index (κ2) is 6.57. The van der Waals surface area contributed by atoms with Crippen molar-refractivity contribution in [3.8, 4) is 0 Å². The third-order valence-corrected chi connectivity index (χ3v) is 5.81. The smallest absolute Gasteiger partial charge is 0.156 e. The normalized spacial score (nSPS) is 18.4. The van der Waals surface area contributed by atoms with Gasteiger partial charge in [-0.25, -0.2) is 4.98 Å². The number of aliphatic imine (C=N–C) groups is 1. The topological polar surface area (TPSA) is 37.3 Å². The molecule has 0 atom stereocenters. The fourth-order valence-corrected chi connectivity index (χ4v) is 3.91. The molecule has 5 heteroatoms. The predicted molar refractivity (Wildman–Crippen MR) is 81.6 cm³/mol. The quantitative estimate of drug-likeness (QED) is 0.902. The van der Waals surface area contributed by atoms with Crippen LogP contribution in [0.2, 0.25) is 0 Å². The van der Waals surface area contributed by atoms with Crippen molar-refractivity contribution in [2.24, 2.45) is 10.4 Å². The Balaban J connectivity index is 1.76. The van der Waals surface area contributed by atoms with Gasteiger partial charge < -0.3 is 5.32 Å². The van der Waals surface area contributed by atoms with Gasteiger partial charge in [-0.05, 0) is 18.3 Å². The lowest BCUT2D eigenvalue weighted by molar-refractivity contribution is 0.318. The lowest BCUT2D eigenvalue weighted by atomic mass is 9.84. The van der Waals surface area contributed by atoms with Gasteiger partial charge in [0.15, 0.2) is 5.17 Å². The minimum Gasteiger partial charge on any atom is -0.365 e. The van der Waals surface area contributed by atoms with Gasteiger partial charge in [-0.3, -0.25) is 4.99 Å². The monoisotopic (exact) mass is 283 g/mol. The number of thiazole rings is 1. The SMILES string of the molecule is CCC1(CC)CN=C(NCCc2nccs2)SC1. The van der Waals surface area contributed by atoms with Crippen LogP contribution in [0.5, 0.6) is 0 Å². The molecular formula is C13H21N3S2. The number of hydrogen-bond donors (Lipinski definition) is 1. The maximum atomic E-state index is 4.70. The highest BCUT2D eigenvalue weighted by Gasteiger charge is 2.29. The van der Waals surface area contributed by atoms with Crippen LogP contribution in [0.4, 0.5) is 0 Å². The van der Waals surface area contributed by atoms with Crippen LogP contribution >= 0.6 is 23.1 Å². The third kappa shape index (κ3) is 3.48. The highest BCUT2D eigenvalue weighted by atomic mass is 32.2. The zero-order chi connectivity index (χ0) is 12.8. The van der Waals surface area contributed by atoms with E-state index < -0.39 is 0 Å². The van der Waals surface area contributed by atoms with Crippen LogP contribution in [0.25, 0.3) is 0 Å². The first-order valence-electron chi connectivity index (χ1n) is 6.57. The van der Waals surface area contributed by atoms with Crippen molar-refractivity contribution in [2.75, 3.05) is 18.8 Å². The zero-order valence-electron chi connectivity index (χ0n) is 11.1. The maximum absolute atomic E-state index is 4.70. The number of hydrogen-bond acceptors (Lipinski definition) is 5. The molecule has 2 rings (SSSR count). The van der Waals surface area contributed by atoms with Gasteiger partial charge in [-0.15, -0.1) is 11.3 Å². The van der Waals surface area contributed by atoms with Gasteiger partial charge >= 0.3 is 0 Å². The van der Waals surface area contributed by atoms with Gasteiger partial charge in [-0.1, -0.05) is 25.6 Å². The fourth-order valence-electron chi connectivity index (χ4n) is 1.99. The Morgan fingerprint density at radius 1 is 1.39 bits per heavy atom. The van der Waals surface area contributed by atoms with Gasteiger partial charge in [0.1, 0.15) is 0 Å². The first-order chi connectivity index (χ1) is 8.78. The van der Waals surface area contributed by atoms with E-state index in [2.05, 4.69) is 24.1 Å². The van der Waals surface area contributed by atoms with E-state index in [1.165, 1.54) is 23.6 Å². The number of nitrogens with one attached hydrogen (secondary N) is 1.